The molecule has 0 fully saturated rings. The fourth-order valence-corrected chi connectivity index (χ4v) is 2.66. The summed E-state index contributed by atoms with van der Waals surface area (Å²) in [5.74, 6) is -2.06. The molecule has 0 heterocycles. The fraction of sp³-hybridized carbons (Fsp3) is 0.840. The molecule has 0 saturated heterocycles. The van der Waals surface area contributed by atoms with E-state index in [4.69, 9.17) is 18.9 Å². The number of ketones is 1. The van der Waals surface area contributed by atoms with Crippen LogP contribution < -0.4 is 0 Å². The summed E-state index contributed by atoms with van der Waals surface area (Å²) in [5.41, 5.74) is -0.737. The molecule has 0 aliphatic heterocycles. The van der Waals surface area contributed by atoms with Crippen molar-refractivity contribution in [2.75, 3.05) is 6.61 Å². The SMILES string of the molecule is CC(OC(=O)C(C)C(C)(C)C)C(=O)CCCCCOC(=O)C(C)OC(=O)C(C)OC(C)(C)C. The van der Waals surface area contributed by atoms with Crippen molar-refractivity contribution in [3.63, 3.8) is 0 Å². The van der Waals surface area contributed by atoms with Gasteiger partial charge in [0.15, 0.2) is 24.1 Å². The summed E-state index contributed by atoms with van der Waals surface area (Å²) < 4.78 is 21.1. The fourth-order valence-electron chi connectivity index (χ4n) is 2.66. The Morgan fingerprint density at radius 2 is 1.21 bits per heavy atom. The lowest BCUT2D eigenvalue weighted by Crippen LogP contribution is -2.36. The van der Waals surface area contributed by atoms with Gasteiger partial charge in [0.25, 0.3) is 0 Å². The molecule has 0 aromatic heterocycles. The van der Waals surface area contributed by atoms with E-state index in [1.54, 1.807) is 20.8 Å². The van der Waals surface area contributed by atoms with Crippen molar-refractivity contribution in [2.24, 2.45) is 11.3 Å². The van der Waals surface area contributed by atoms with Gasteiger partial charge in [0.05, 0.1) is 18.1 Å². The van der Waals surface area contributed by atoms with Gasteiger partial charge in [0.2, 0.25) is 0 Å². The smallest absolute Gasteiger partial charge is 0.347 e. The van der Waals surface area contributed by atoms with Gasteiger partial charge in [-0.1, -0.05) is 27.7 Å². The molecule has 4 atom stereocenters. The summed E-state index contributed by atoms with van der Waals surface area (Å²) in [6.45, 7) is 17.9. The van der Waals surface area contributed by atoms with Crippen molar-refractivity contribution in [3.05, 3.63) is 0 Å². The molecule has 8 nitrogen and oxygen atoms in total. The number of carbonyl (C=O) groups excluding carboxylic acids is 4. The van der Waals surface area contributed by atoms with Crippen LogP contribution in [-0.2, 0) is 38.1 Å². The minimum Gasteiger partial charge on any atom is -0.463 e. The number of rotatable bonds is 13. The summed E-state index contributed by atoms with van der Waals surface area (Å²) in [4.78, 5) is 48.4. The van der Waals surface area contributed by atoms with E-state index in [1.165, 1.54) is 6.92 Å². The third-order valence-electron chi connectivity index (χ3n) is 5.20. The second-order valence-electron chi connectivity index (χ2n) is 10.6. The highest BCUT2D eigenvalue weighted by Crippen LogP contribution is 2.26. The molecule has 8 heteroatoms. The van der Waals surface area contributed by atoms with Crippen molar-refractivity contribution >= 4 is 23.7 Å². The zero-order valence-corrected chi connectivity index (χ0v) is 22.1. The normalized spacial score (nSPS) is 15.7. The average molecular weight is 473 g/mol. The molecule has 0 saturated carbocycles. The van der Waals surface area contributed by atoms with Gasteiger partial charge in [-0.05, 0) is 66.2 Å². The van der Waals surface area contributed by atoms with Crippen LogP contribution in [0.1, 0.15) is 94.9 Å². The first-order valence-electron chi connectivity index (χ1n) is 11.7. The minimum absolute atomic E-state index is 0.131. The average Bonchev–Trinajstić information content (AvgIpc) is 2.67. The molecule has 0 radical (unpaired) electrons. The van der Waals surface area contributed by atoms with E-state index in [2.05, 4.69) is 0 Å². The van der Waals surface area contributed by atoms with Gasteiger partial charge < -0.3 is 18.9 Å². The molecule has 0 aliphatic carbocycles. The molecule has 0 N–H and O–H groups in total. The predicted molar refractivity (Wildman–Crippen MR) is 124 cm³/mol. The number of esters is 3. The number of Topliss-reactive ketones (excluding diaryl/α,β-unsaturated/α-hetero) is 1. The maximum absolute atomic E-state index is 12.2. The number of carbonyl (C=O) groups is 4. The molecular weight excluding hydrogens is 428 g/mol. The van der Waals surface area contributed by atoms with Crippen LogP contribution in [0, 0.1) is 11.3 Å². The van der Waals surface area contributed by atoms with E-state index < -0.39 is 35.9 Å². The zero-order chi connectivity index (χ0) is 26.0. The predicted octanol–water partition coefficient (Wildman–Crippen LogP) is 4.41. The second-order valence-corrected chi connectivity index (χ2v) is 10.6. The van der Waals surface area contributed by atoms with E-state index in [-0.39, 0.29) is 36.1 Å². The van der Waals surface area contributed by atoms with Crippen molar-refractivity contribution in [1.29, 1.82) is 0 Å². The Balaban J connectivity index is 4.13. The van der Waals surface area contributed by atoms with Crippen LogP contribution in [0.2, 0.25) is 0 Å². The third-order valence-corrected chi connectivity index (χ3v) is 5.20. The molecule has 33 heavy (non-hydrogen) atoms. The molecule has 4 unspecified atom stereocenters. The van der Waals surface area contributed by atoms with Gasteiger partial charge in [-0.15, -0.1) is 0 Å². The van der Waals surface area contributed by atoms with Crippen LogP contribution in [-0.4, -0.2) is 54.2 Å². The van der Waals surface area contributed by atoms with Gasteiger partial charge in [-0.2, -0.15) is 0 Å². The Morgan fingerprint density at radius 3 is 1.73 bits per heavy atom. The van der Waals surface area contributed by atoms with Crippen molar-refractivity contribution in [2.45, 2.75) is 119 Å². The van der Waals surface area contributed by atoms with Crippen LogP contribution in [0.4, 0.5) is 0 Å². The van der Waals surface area contributed by atoms with E-state index in [0.717, 1.165) is 0 Å². The molecule has 0 aromatic rings. The Morgan fingerprint density at radius 1 is 0.667 bits per heavy atom. The minimum atomic E-state index is -1.03. The van der Waals surface area contributed by atoms with Gasteiger partial charge in [0, 0.05) is 6.42 Å². The Labute approximate surface area is 199 Å². The Kier molecular flexibility index (Phi) is 12.9. The highest BCUT2D eigenvalue weighted by atomic mass is 16.6. The van der Waals surface area contributed by atoms with Crippen molar-refractivity contribution in [1.82, 2.24) is 0 Å². The maximum atomic E-state index is 12.2. The maximum Gasteiger partial charge on any atom is 0.347 e. The summed E-state index contributed by atoms with van der Waals surface area (Å²) in [6.07, 6.45) is -0.487. The number of ether oxygens (including phenoxy) is 4. The van der Waals surface area contributed by atoms with Crippen LogP contribution in [0.5, 0.6) is 0 Å². The molecule has 192 valence electrons. The Hall–Kier alpha value is -1.96. The topological polar surface area (TPSA) is 105 Å². The second kappa shape index (κ2) is 13.7. The zero-order valence-electron chi connectivity index (χ0n) is 22.1. The van der Waals surface area contributed by atoms with E-state index in [0.29, 0.717) is 19.3 Å². The summed E-state index contributed by atoms with van der Waals surface area (Å²) in [5, 5.41) is 0. The molecule has 0 aliphatic rings. The van der Waals surface area contributed by atoms with E-state index in [1.807, 2.05) is 41.5 Å². The van der Waals surface area contributed by atoms with Crippen LogP contribution >= 0.6 is 0 Å². The molecule has 0 amide bonds. The summed E-state index contributed by atoms with van der Waals surface area (Å²) in [7, 11) is 0. The van der Waals surface area contributed by atoms with Gasteiger partial charge >= 0.3 is 17.9 Å². The molecule has 0 bridgehead atoms. The van der Waals surface area contributed by atoms with Crippen LogP contribution in [0.25, 0.3) is 0 Å². The number of unbranched alkanes of at least 4 members (excludes halogenated alkanes) is 2. The molecular formula is C25H44O8. The van der Waals surface area contributed by atoms with Crippen LogP contribution in [0.3, 0.4) is 0 Å². The van der Waals surface area contributed by atoms with Crippen LogP contribution in [0.15, 0.2) is 0 Å². The third kappa shape index (κ3) is 13.4. The standard InChI is InChI=1S/C25H44O8/c1-16(24(5,6)7)21(27)31-17(2)20(26)14-12-11-13-15-30-22(28)18(3)32-23(29)19(4)33-25(8,9)10/h16-19H,11-15H2,1-10H3. The largest absolute Gasteiger partial charge is 0.463 e. The lowest BCUT2D eigenvalue weighted by Gasteiger charge is -2.26. The van der Waals surface area contributed by atoms with Crippen molar-refractivity contribution < 1.29 is 38.1 Å². The summed E-state index contributed by atoms with van der Waals surface area (Å²) >= 11 is 0. The van der Waals surface area contributed by atoms with Gasteiger partial charge in [0.1, 0.15) is 0 Å². The highest BCUT2D eigenvalue weighted by molar-refractivity contribution is 5.85. The van der Waals surface area contributed by atoms with Crippen molar-refractivity contribution in [3.8, 4) is 0 Å². The highest BCUT2D eigenvalue weighted by Gasteiger charge is 2.30. The lowest BCUT2D eigenvalue weighted by atomic mass is 9.82. The molecule has 0 spiro atoms. The van der Waals surface area contributed by atoms with Gasteiger partial charge in [-0.3, -0.25) is 9.59 Å². The van der Waals surface area contributed by atoms with E-state index >= 15 is 0 Å². The van der Waals surface area contributed by atoms with Gasteiger partial charge in [-0.25, -0.2) is 9.59 Å². The monoisotopic (exact) mass is 472 g/mol. The number of hydrogen-bond acceptors (Lipinski definition) is 8. The first-order chi connectivity index (χ1) is 15.0. The first-order valence-corrected chi connectivity index (χ1v) is 11.7. The molecule has 0 aromatic carbocycles. The number of hydrogen-bond donors (Lipinski definition) is 0. The quantitative estimate of drug-likeness (QED) is 0.220. The first kappa shape index (κ1) is 31.0. The lowest BCUT2D eigenvalue weighted by molar-refractivity contribution is -0.178. The van der Waals surface area contributed by atoms with E-state index in [9.17, 15) is 19.2 Å². The molecule has 0 rings (SSSR count). The Bertz CT molecular complexity index is 656. The summed E-state index contributed by atoms with van der Waals surface area (Å²) in [6, 6.07) is 0.